The molecule has 1 saturated carbocycles. The van der Waals surface area contributed by atoms with E-state index in [1.54, 1.807) is 6.92 Å². The molecule has 1 fully saturated rings. The molecule has 106 valence electrons. The number of hydrogen-bond acceptors (Lipinski definition) is 3. The molecule has 0 radical (unpaired) electrons. The van der Waals surface area contributed by atoms with E-state index in [2.05, 4.69) is 32.8 Å². The Morgan fingerprint density at radius 1 is 1.11 bits per heavy atom. The van der Waals surface area contributed by atoms with E-state index in [0.717, 1.165) is 6.42 Å². The topological polar surface area (TPSA) is 49.6 Å². The Morgan fingerprint density at radius 3 is 2.00 bits per heavy atom. The first-order valence-corrected chi connectivity index (χ1v) is 7.10. The van der Waals surface area contributed by atoms with E-state index in [4.69, 9.17) is 5.73 Å². The number of nitrogens with zero attached hydrogens (tertiary/aromatic N) is 2. The van der Waals surface area contributed by atoms with Crippen LogP contribution in [0, 0.1) is 0 Å². The molecule has 4 heteroatoms. The maximum atomic E-state index is 12.3. The van der Waals surface area contributed by atoms with Crippen molar-refractivity contribution in [3.05, 3.63) is 0 Å². The van der Waals surface area contributed by atoms with Crippen molar-refractivity contribution in [2.75, 3.05) is 14.1 Å². The third kappa shape index (κ3) is 3.45. The molecule has 18 heavy (non-hydrogen) atoms. The van der Waals surface area contributed by atoms with Gasteiger partial charge in [0.25, 0.3) is 0 Å². The monoisotopic (exact) mass is 255 g/mol. The lowest BCUT2D eigenvalue weighted by molar-refractivity contribution is -0.139. The Hall–Kier alpha value is -0.610. The predicted octanol–water partition coefficient (Wildman–Crippen LogP) is 1.44. The van der Waals surface area contributed by atoms with Gasteiger partial charge in [0, 0.05) is 18.1 Å². The molecule has 0 bridgehead atoms. The SMILES string of the molecule is CC(C)N(C(=O)[C@H](C)N)[C@@H]1CCCC[C@H]1N(C)C. The Bertz CT molecular complexity index is 276. The van der Waals surface area contributed by atoms with Crippen LogP contribution in [0.5, 0.6) is 0 Å². The number of carbonyl (C=O) groups excluding carboxylic acids is 1. The Kier molecular flexibility index (Phi) is 5.60. The molecule has 1 aliphatic rings. The summed E-state index contributed by atoms with van der Waals surface area (Å²) in [7, 11) is 4.22. The van der Waals surface area contributed by atoms with Gasteiger partial charge in [-0.2, -0.15) is 0 Å². The number of likely N-dealkylation sites (N-methyl/N-ethyl adjacent to an activating group) is 1. The Labute approximate surface area is 111 Å². The fraction of sp³-hybridized carbons (Fsp3) is 0.929. The largest absolute Gasteiger partial charge is 0.334 e. The van der Waals surface area contributed by atoms with Crippen LogP contribution in [0.25, 0.3) is 0 Å². The smallest absolute Gasteiger partial charge is 0.239 e. The lowest BCUT2D eigenvalue weighted by Gasteiger charge is -2.45. The van der Waals surface area contributed by atoms with Gasteiger partial charge in [-0.3, -0.25) is 4.79 Å². The average molecular weight is 255 g/mol. The number of amides is 1. The van der Waals surface area contributed by atoms with Crippen molar-refractivity contribution in [3.8, 4) is 0 Å². The van der Waals surface area contributed by atoms with Crippen molar-refractivity contribution in [2.24, 2.45) is 5.73 Å². The van der Waals surface area contributed by atoms with Gasteiger partial charge in [-0.1, -0.05) is 12.8 Å². The molecular formula is C14H29N3O. The van der Waals surface area contributed by atoms with Crippen LogP contribution in [0.3, 0.4) is 0 Å². The molecule has 0 heterocycles. The lowest BCUT2D eigenvalue weighted by Crippen LogP contribution is -2.58. The molecule has 1 aliphatic carbocycles. The third-order valence-electron chi connectivity index (χ3n) is 3.91. The normalized spacial score (nSPS) is 26.4. The van der Waals surface area contributed by atoms with E-state index in [1.165, 1.54) is 19.3 Å². The van der Waals surface area contributed by atoms with E-state index >= 15 is 0 Å². The number of hydrogen-bond donors (Lipinski definition) is 1. The summed E-state index contributed by atoms with van der Waals surface area (Å²) in [6, 6.07) is 0.585. The molecule has 0 saturated heterocycles. The van der Waals surface area contributed by atoms with Crippen LogP contribution < -0.4 is 5.73 Å². The first-order chi connectivity index (χ1) is 8.36. The Morgan fingerprint density at radius 2 is 1.61 bits per heavy atom. The zero-order chi connectivity index (χ0) is 13.9. The molecule has 0 spiro atoms. The average Bonchev–Trinajstić information content (AvgIpc) is 2.28. The van der Waals surface area contributed by atoms with E-state index in [-0.39, 0.29) is 11.9 Å². The second-order valence-corrected chi connectivity index (χ2v) is 6.01. The second kappa shape index (κ2) is 6.53. The zero-order valence-electron chi connectivity index (χ0n) is 12.5. The summed E-state index contributed by atoms with van der Waals surface area (Å²) in [4.78, 5) is 16.6. The van der Waals surface area contributed by atoms with Crippen LogP contribution >= 0.6 is 0 Å². The molecular weight excluding hydrogens is 226 g/mol. The van der Waals surface area contributed by atoms with Gasteiger partial charge in [0.05, 0.1) is 6.04 Å². The molecule has 4 nitrogen and oxygen atoms in total. The molecule has 1 amide bonds. The molecule has 0 aromatic carbocycles. The molecule has 0 aliphatic heterocycles. The molecule has 0 unspecified atom stereocenters. The van der Waals surface area contributed by atoms with Gasteiger partial charge < -0.3 is 15.5 Å². The van der Waals surface area contributed by atoms with Gasteiger partial charge in [-0.05, 0) is 47.7 Å². The highest BCUT2D eigenvalue weighted by Crippen LogP contribution is 2.27. The van der Waals surface area contributed by atoms with Crippen molar-refractivity contribution < 1.29 is 4.79 Å². The highest BCUT2D eigenvalue weighted by molar-refractivity contribution is 5.81. The van der Waals surface area contributed by atoms with Crippen LogP contribution in [0.4, 0.5) is 0 Å². The van der Waals surface area contributed by atoms with Crippen LogP contribution in [0.1, 0.15) is 46.5 Å². The third-order valence-corrected chi connectivity index (χ3v) is 3.91. The van der Waals surface area contributed by atoms with Crippen molar-refractivity contribution in [3.63, 3.8) is 0 Å². The Balaban J connectivity index is 2.92. The summed E-state index contributed by atoms with van der Waals surface area (Å²) in [6.45, 7) is 5.95. The highest BCUT2D eigenvalue weighted by atomic mass is 16.2. The van der Waals surface area contributed by atoms with Gasteiger partial charge in [-0.25, -0.2) is 0 Å². The number of carbonyl (C=O) groups is 1. The lowest BCUT2D eigenvalue weighted by atomic mass is 9.87. The van der Waals surface area contributed by atoms with Gasteiger partial charge in [-0.15, -0.1) is 0 Å². The first kappa shape index (κ1) is 15.4. The summed E-state index contributed by atoms with van der Waals surface area (Å²) >= 11 is 0. The molecule has 0 aromatic rings. The minimum absolute atomic E-state index is 0.0868. The molecule has 2 N–H and O–H groups in total. The summed E-state index contributed by atoms with van der Waals surface area (Å²) < 4.78 is 0. The summed E-state index contributed by atoms with van der Waals surface area (Å²) in [5, 5.41) is 0. The van der Waals surface area contributed by atoms with Crippen molar-refractivity contribution in [1.29, 1.82) is 0 Å². The minimum atomic E-state index is -0.405. The van der Waals surface area contributed by atoms with Gasteiger partial charge in [0.2, 0.25) is 5.91 Å². The molecule has 3 atom stereocenters. The van der Waals surface area contributed by atoms with Crippen LogP contribution in [-0.4, -0.2) is 54.0 Å². The van der Waals surface area contributed by atoms with E-state index in [1.807, 2.05) is 4.90 Å². The van der Waals surface area contributed by atoms with Crippen LogP contribution in [-0.2, 0) is 4.79 Å². The van der Waals surface area contributed by atoms with Gasteiger partial charge in [0.1, 0.15) is 0 Å². The number of rotatable bonds is 4. The van der Waals surface area contributed by atoms with Crippen LogP contribution in [0.2, 0.25) is 0 Å². The maximum absolute atomic E-state index is 12.3. The van der Waals surface area contributed by atoms with Gasteiger partial charge in [0.15, 0.2) is 0 Å². The van der Waals surface area contributed by atoms with Crippen LogP contribution in [0.15, 0.2) is 0 Å². The van der Waals surface area contributed by atoms with Crippen molar-refractivity contribution in [1.82, 2.24) is 9.80 Å². The van der Waals surface area contributed by atoms with Gasteiger partial charge >= 0.3 is 0 Å². The summed E-state index contributed by atoms with van der Waals surface area (Å²) in [6.07, 6.45) is 4.74. The fourth-order valence-electron chi connectivity index (χ4n) is 3.05. The highest BCUT2D eigenvalue weighted by Gasteiger charge is 2.36. The molecule has 0 aromatic heterocycles. The van der Waals surface area contributed by atoms with Crippen molar-refractivity contribution >= 4 is 5.91 Å². The second-order valence-electron chi connectivity index (χ2n) is 6.01. The first-order valence-electron chi connectivity index (χ1n) is 7.10. The number of nitrogens with two attached hydrogens (primary N) is 1. The van der Waals surface area contributed by atoms with E-state index in [9.17, 15) is 4.79 Å². The van der Waals surface area contributed by atoms with E-state index < -0.39 is 6.04 Å². The van der Waals surface area contributed by atoms with Crippen molar-refractivity contribution in [2.45, 2.75) is 70.6 Å². The maximum Gasteiger partial charge on any atom is 0.239 e. The predicted molar refractivity (Wildman–Crippen MR) is 75.4 cm³/mol. The van der Waals surface area contributed by atoms with E-state index in [0.29, 0.717) is 12.1 Å². The quantitative estimate of drug-likeness (QED) is 0.827. The molecule has 1 rings (SSSR count). The summed E-state index contributed by atoms with van der Waals surface area (Å²) in [5.74, 6) is 0.0868. The fourth-order valence-corrected chi connectivity index (χ4v) is 3.05. The zero-order valence-corrected chi connectivity index (χ0v) is 12.5. The summed E-state index contributed by atoms with van der Waals surface area (Å²) in [5.41, 5.74) is 5.80. The standard InChI is InChI=1S/C14H29N3O/c1-10(2)17(14(18)11(3)15)13-9-7-6-8-12(13)16(4)5/h10-13H,6-9,15H2,1-5H3/t11-,12+,13+/m0/s1. The minimum Gasteiger partial charge on any atom is -0.334 e.